The van der Waals surface area contributed by atoms with Crippen LogP contribution < -0.4 is 4.74 Å². The van der Waals surface area contributed by atoms with Crippen LogP contribution >= 0.6 is 11.3 Å². The lowest BCUT2D eigenvalue weighted by Crippen LogP contribution is -2.09. The Bertz CT molecular complexity index is 1020. The fourth-order valence-corrected chi connectivity index (χ4v) is 3.96. The molecule has 0 atom stereocenters. The largest absolute Gasteiger partial charge is 0.488 e. The van der Waals surface area contributed by atoms with E-state index >= 15 is 0 Å². The van der Waals surface area contributed by atoms with Crippen LogP contribution in [0.15, 0.2) is 77.5 Å². The van der Waals surface area contributed by atoms with Crippen LogP contribution in [0.1, 0.15) is 5.56 Å². The van der Waals surface area contributed by atoms with Crippen molar-refractivity contribution in [3.8, 4) is 39.4 Å². The van der Waals surface area contributed by atoms with Gasteiger partial charge in [0.2, 0.25) is 0 Å². The Labute approximate surface area is 150 Å². The molecule has 2 nitrogen and oxygen atoms in total. The highest BCUT2D eigenvalue weighted by molar-refractivity contribution is 7.08. The molecule has 5 rings (SSSR count). The summed E-state index contributed by atoms with van der Waals surface area (Å²) in [6.45, 7) is 0.549. The van der Waals surface area contributed by atoms with E-state index < -0.39 is 0 Å². The molecular weight excluding hydrogens is 326 g/mol. The van der Waals surface area contributed by atoms with Gasteiger partial charge < -0.3 is 4.74 Å². The highest BCUT2D eigenvalue weighted by Crippen LogP contribution is 2.42. The quantitative estimate of drug-likeness (QED) is 0.444. The smallest absolute Gasteiger partial charge is 0.129 e. The lowest BCUT2D eigenvalue weighted by molar-refractivity contribution is 0.302. The van der Waals surface area contributed by atoms with Crippen molar-refractivity contribution in [1.29, 1.82) is 0 Å². The summed E-state index contributed by atoms with van der Waals surface area (Å²) in [6, 6.07) is 22.9. The van der Waals surface area contributed by atoms with Gasteiger partial charge in [-0.25, -0.2) is 4.98 Å². The topological polar surface area (TPSA) is 22.1 Å². The predicted molar refractivity (Wildman–Crippen MR) is 103 cm³/mol. The summed E-state index contributed by atoms with van der Waals surface area (Å²) in [6.07, 6.45) is 0. The fourth-order valence-electron chi connectivity index (χ4n) is 3.31. The molecule has 0 amide bonds. The molecule has 0 saturated heterocycles. The molecule has 1 aliphatic heterocycles. The SMILES string of the molecule is c1ccc(-c2cc(-c3ccsc3)nc3c2COc2ccccc2-3)cc1. The number of hydrogen-bond donors (Lipinski definition) is 0. The molecule has 0 bridgehead atoms. The lowest BCUT2D eigenvalue weighted by Gasteiger charge is -2.23. The first kappa shape index (κ1) is 14.4. The zero-order chi connectivity index (χ0) is 16.6. The molecule has 0 spiro atoms. The van der Waals surface area contributed by atoms with Crippen molar-refractivity contribution in [2.24, 2.45) is 0 Å². The summed E-state index contributed by atoms with van der Waals surface area (Å²) in [7, 11) is 0. The van der Waals surface area contributed by atoms with Crippen molar-refractivity contribution in [2.75, 3.05) is 0 Å². The Hall–Kier alpha value is -2.91. The standard InChI is InChI=1S/C22H15NOS/c1-2-6-15(7-3-1)18-12-20(16-10-11-25-14-16)23-22-17-8-4-5-9-21(17)24-13-19(18)22/h1-12,14H,13H2. The van der Waals surface area contributed by atoms with Crippen LogP contribution in [0.3, 0.4) is 0 Å². The van der Waals surface area contributed by atoms with E-state index in [-0.39, 0.29) is 0 Å². The van der Waals surface area contributed by atoms with Crippen LogP contribution in [0.2, 0.25) is 0 Å². The predicted octanol–water partition coefficient (Wildman–Crippen LogP) is 6.04. The van der Waals surface area contributed by atoms with Crippen LogP contribution in [-0.4, -0.2) is 4.98 Å². The maximum Gasteiger partial charge on any atom is 0.129 e. The van der Waals surface area contributed by atoms with Crippen LogP contribution in [0, 0.1) is 0 Å². The monoisotopic (exact) mass is 341 g/mol. The Morgan fingerprint density at radius 1 is 0.840 bits per heavy atom. The molecule has 2 aromatic carbocycles. The Kier molecular flexibility index (Phi) is 3.39. The number of hydrogen-bond acceptors (Lipinski definition) is 3. The molecular formula is C22H15NOS. The minimum absolute atomic E-state index is 0.549. The molecule has 0 unspecified atom stereocenters. The van der Waals surface area contributed by atoms with Crippen LogP contribution in [-0.2, 0) is 6.61 Å². The summed E-state index contributed by atoms with van der Waals surface area (Å²) in [5.41, 5.74) is 7.82. The Morgan fingerprint density at radius 3 is 2.52 bits per heavy atom. The molecule has 0 radical (unpaired) electrons. The molecule has 4 aromatic rings. The number of pyridine rings is 1. The number of benzene rings is 2. The first-order valence-electron chi connectivity index (χ1n) is 8.24. The van der Waals surface area contributed by atoms with Gasteiger partial charge in [0, 0.05) is 22.1 Å². The summed E-state index contributed by atoms with van der Waals surface area (Å²) in [5.74, 6) is 0.906. The van der Waals surface area contributed by atoms with Gasteiger partial charge in [0.25, 0.3) is 0 Å². The van der Waals surface area contributed by atoms with Crippen molar-refractivity contribution in [3.05, 3.63) is 83.1 Å². The normalized spacial score (nSPS) is 12.2. The minimum atomic E-state index is 0.549. The van der Waals surface area contributed by atoms with E-state index in [0.717, 1.165) is 33.8 Å². The third-order valence-corrected chi connectivity index (χ3v) is 5.22. The number of thiophene rings is 1. The van der Waals surface area contributed by atoms with E-state index in [1.807, 2.05) is 24.3 Å². The average molecular weight is 341 g/mol. The molecule has 3 heteroatoms. The number of nitrogens with zero attached hydrogens (tertiary/aromatic N) is 1. The number of para-hydroxylation sites is 1. The molecule has 1 aliphatic rings. The summed E-state index contributed by atoms with van der Waals surface area (Å²) < 4.78 is 6.00. The van der Waals surface area contributed by atoms with E-state index in [0.29, 0.717) is 6.61 Å². The zero-order valence-corrected chi connectivity index (χ0v) is 14.3. The number of fused-ring (bicyclic) bond motifs is 3. The molecule has 120 valence electrons. The number of rotatable bonds is 2. The highest BCUT2D eigenvalue weighted by atomic mass is 32.1. The van der Waals surface area contributed by atoms with Gasteiger partial charge in [0.1, 0.15) is 12.4 Å². The second-order valence-electron chi connectivity index (χ2n) is 6.05. The van der Waals surface area contributed by atoms with Crippen molar-refractivity contribution in [2.45, 2.75) is 6.61 Å². The van der Waals surface area contributed by atoms with Gasteiger partial charge in [-0.1, -0.05) is 42.5 Å². The van der Waals surface area contributed by atoms with Gasteiger partial charge in [0.15, 0.2) is 0 Å². The van der Waals surface area contributed by atoms with Gasteiger partial charge in [-0.05, 0) is 40.8 Å². The van der Waals surface area contributed by atoms with Gasteiger partial charge in [-0.2, -0.15) is 11.3 Å². The fraction of sp³-hybridized carbons (Fsp3) is 0.0455. The number of ether oxygens (including phenoxy) is 1. The Morgan fingerprint density at radius 2 is 1.68 bits per heavy atom. The Balaban J connectivity index is 1.82. The van der Waals surface area contributed by atoms with Crippen LogP contribution in [0.4, 0.5) is 0 Å². The average Bonchev–Trinajstić information content (AvgIpc) is 3.22. The van der Waals surface area contributed by atoms with Gasteiger partial charge in [-0.3, -0.25) is 0 Å². The highest BCUT2D eigenvalue weighted by Gasteiger charge is 2.23. The van der Waals surface area contributed by atoms with Crippen molar-refractivity contribution in [1.82, 2.24) is 4.98 Å². The van der Waals surface area contributed by atoms with Gasteiger partial charge in [-0.15, -0.1) is 0 Å². The van der Waals surface area contributed by atoms with E-state index in [1.54, 1.807) is 11.3 Å². The molecule has 0 aliphatic carbocycles. The summed E-state index contributed by atoms with van der Waals surface area (Å²) in [4.78, 5) is 5.01. The first-order chi connectivity index (χ1) is 12.4. The molecule has 3 heterocycles. The molecule has 0 saturated carbocycles. The van der Waals surface area contributed by atoms with E-state index in [2.05, 4.69) is 53.2 Å². The third-order valence-electron chi connectivity index (χ3n) is 4.54. The lowest BCUT2D eigenvalue weighted by atomic mass is 9.93. The maximum absolute atomic E-state index is 6.00. The van der Waals surface area contributed by atoms with Crippen molar-refractivity contribution < 1.29 is 4.74 Å². The van der Waals surface area contributed by atoms with Gasteiger partial charge in [0.05, 0.1) is 11.4 Å². The zero-order valence-electron chi connectivity index (χ0n) is 13.5. The second-order valence-corrected chi connectivity index (χ2v) is 6.83. The van der Waals surface area contributed by atoms with E-state index in [4.69, 9.17) is 9.72 Å². The second kappa shape index (κ2) is 5.87. The van der Waals surface area contributed by atoms with E-state index in [9.17, 15) is 0 Å². The molecule has 0 N–H and O–H groups in total. The molecule has 2 aromatic heterocycles. The van der Waals surface area contributed by atoms with Crippen molar-refractivity contribution in [3.63, 3.8) is 0 Å². The minimum Gasteiger partial charge on any atom is -0.488 e. The van der Waals surface area contributed by atoms with Crippen LogP contribution in [0.5, 0.6) is 5.75 Å². The summed E-state index contributed by atoms with van der Waals surface area (Å²) in [5, 5.41) is 4.24. The maximum atomic E-state index is 6.00. The van der Waals surface area contributed by atoms with Gasteiger partial charge >= 0.3 is 0 Å². The summed E-state index contributed by atoms with van der Waals surface area (Å²) >= 11 is 1.69. The first-order valence-corrected chi connectivity index (χ1v) is 9.18. The number of aromatic nitrogens is 1. The third kappa shape index (κ3) is 2.44. The molecule has 25 heavy (non-hydrogen) atoms. The van der Waals surface area contributed by atoms with Crippen molar-refractivity contribution >= 4 is 11.3 Å². The van der Waals surface area contributed by atoms with Crippen LogP contribution in [0.25, 0.3) is 33.6 Å². The molecule has 0 fully saturated rings. The van der Waals surface area contributed by atoms with E-state index in [1.165, 1.54) is 11.1 Å².